The Bertz CT molecular complexity index is 1550. The Morgan fingerprint density at radius 3 is 2.18 bits per heavy atom. The molecule has 0 aliphatic heterocycles. The van der Waals surface area contributed by atoms with E-state index in [2.05, 4.69) is 21.7 Å². The molecule has 0 bridgehead atoms. The van der Waals surface area contributed by atoms with Gasteiger partial charge in [0.1, 0.15) is 16.8 Å². The number of carbonyl (C=O) groups is 2. The van der Waals surface area contributed by atoms with Crippen molar-refractivity contribution in [3.05, 3.63) is 100 Å². The highest BCUT2D eigenvalue weighted by Gasteiger charge is 2.25. The Hall–Kier alpha value is -4.32. The van der Waals surface area contributed by atoms with Gasteiger partial charge < -0.3 is 15.4 Å². The van der Waals surface area contributed by atoms with Crippen LogP contribution in [0.4, 0.5) is 11.4 Å². The third-order valence-electron chi connectivity index (χ3n) is 5.84. The quantitative estimate of drug-likeness (QED) is 0.229. The van der Waals surface area contributed by atoms with Crippen LogP contribution in [-0.4, -0.2) is 29.7 Å². The molecular formula is C30H25ClN4O3S. The predicted molar refractivity (Wildman–Crippen MR) is 156 cm³/mol. The van der Waals surface area contributed by atoms with E-state index in [0.29, 0.717) is 44.0 Å². The number of aryl methyl sites for hydroxylation is 2. The van der Waals surface area contributed by atoms with Crippen molar-refractivity contribution in [2.45, 2.75) is 18.9 Å². The first kappa shape index (κ1) is 27.7. The Labute approximate surface area is 236 Å². The van der Waals surface area contributed by atoms with Gasteiger partial charge in [0, 0.05) is 22.0 Å². The van der Waals surface area contributed by atoms with E-state index in [1.807, 2.05) is 31.2 Å². The molecule has 0 unspecified atom stereocenters. The van der Waals surface area contributed by atoms with Gasteiger partial charge in [-0.2, -0.15) is 5.26 Å². The summed E-state index contributed by atoms with van der Waals surface area (Å²) in [7, 11) is 1.56. The molecule has 39 heavy (non-hydrogen) atoms. The summed E-state index contributed by atoms with van der Waals surface area (Å²) >= 11 is 7.12. The lowest BCUT2D eigenvalue weighted by Gasteiger charge is -2.17. The normalized spacial score (nSPS) is 10.4. The van der Waals surface area contributed by atoms with Crippen LogP contribution in [0.25, 0.3) is 11.1 Å². The molecule has 4 rings (SSSR count). The van der Waals surface area contributed by atoms with Gasteiger partial charge in [-0.15, -0.1) is 0 Å². The maximum atomic E-state index is 13.5. The largest absolute Gasteiger partial charge is 0.497 e. The molecule has 0 saturated heterocycles. The fourth-order valence-corrected chi connectivity index (χ4v) is 4.86. The van der Waals surface area contributed by atoms with Crippen LogP contribution in [-0.2, 0) is 4.79 Å². The second kappa shape index (κ2) is 12.5. The minimum Gasteiger partial charge on any atom is -0.497 e. The van der Waals surface area contributed by atoms with Gasteiger partial charge in [-0.1, -0.05) is 53.2 Å². The van der Waals surface area contributed by atoms with Gasteiger partial charge in [-0.25, -0.2) is 4.98 Å². The van der Waals surface area contributed by atoms with Crippen molar-refractivity contribution in [2.24, 2.45) is 0 Å². The maximum absolute atomic E-state index is 13.5. The molecule has 3 aromatic carbocycles. The number of rotatable bonds is 8. The van der Waals surface area contributed by atoms with Gasteiger partial charge in [0.2, 0.25) is 5.91 Å². The molecule has 9 heteroatoms. The fraction of sp³-hybridized carbons (Fsp3) is 0.133. The van der Waals surface area contributed by atoms with Crippen molar-refractivity contribution in [3.8, 4) is 22.9 Å². The maximum Gasteiger partial charge on any atom is 0.258 e. The molecule has 0 spiro atoms. The summed E-state index contributed by atoms with van der Waals surface area (Å²) in [6.07, 6.45) is 0. The van der Waals surface area contributed by atoms with E-state index in [1.165, 1.54) is 0 Å². The van der Waals surface area contributed by atoms with Crippen molar-refractivity contribution in [1.29, 1.82) is 5.26 Å². The van der Waals surface area contributed by atoms with Crippen LogP contribution in [0.5, 0.6) is 5.75 Å². The number of benzene rings is 3. The average Bonchev–Trinajstić information content (AvgIpc) is 2.94. The zero-order chi connectivity index (χ0) is 27.9. The Kier molecular flexibility index (Phi) is 8.87. The SMILES string of the molecule is COc1ccc(-c2c(C#N)c(SCC(=O)Nc3ccc(C)cc3)nc(C)c2C(=O)Nc2ccc(Cl)cc2)cc1. The van der Waals surface area contributed by atoms with Crippen molar-refractivity contribution >= 4 is 46.6 Å². The highest BCUT2D eigenvalue weighted by atomic mass is 35.5. The zero-order valence-electron chi connectivity index (χ0n) is 21.5. The Morgan fingerprint density at radius 2 is 1.56 bits per heavy atom. The van der Waals surface area contributed by atoms with Crippen LogP contribution in [0, 0.1) is 25.2 Å². The molecule has 0 atom stereocenters. The fourth-order valence-electron chi connectivity index (χ4n) is 3.90. The average molecular weight is 557 g/mol. The highest BCUT2D eigenvalue weighted by Crippen LogP contribution is 2.36. The molecule has 2 N–H and O–H groups in total. The number of amides is 2. The van der Waals surface area contributed by atoms with Crippen molar-refractivity contribution in [3.63, 3.8) is 0 Å². The first-order valence-electron chi connectivity index (χ1n) is 11.9. The number of nitriles is 1. The summed E-state index contributed by atoms with van der Waals surface area (Å²) in [5, 5.41) is 16.9. The van der Waals surface area contributed by atoms with Crippen LogP contribution in [0.2, 0.25) is 5.02 Å². The summed E-state index contributed by atoms with van der Waals surface area (Å²) in [4.78, 5) is 30.8. The van der Waals surface area contributed by atoms with E-state index in [9.17, 15) is 14.9 Å². The second-order valence-electron chi connectivity index (χ2n) is 8.63. The number of ether oxygens (including phenoxy) is 1. The summed E-state index contributed by atoms with van der Waals surface area (Å²) in [6, 6.07) is 23.5. The number of thioether (sulfide) groups is 1. The van der Waals surface area contributed by atoms with Gasteiger partial charge in [-0.05, 0) is 67.9 Å². The molecule has 7 nitrogen and oxygen atoms in total. The number of nitrogens with one attached hydrogen (secondary N) is 2. The molecule has 196 valence electrons. The molecule has 0 fully saturated rings. The van der Waals surface area contributed by atoms with Gasteiger partial charge in [0.05, 0.1) is 29.7 Å². The monoisotopic (exact) mass is 556 g/mol. The van der Waals surface area contributed by atoms with Crippen molar-refractivity contribution < 1.29 is 14.3 Å². The highest BCUT2D eigenvalue weighted by molar-refractivity contribution is 8.00. The minimum absolute atomic E-state index is 0.0351. The Morgan fingerprint density at radius 1 is 0.949 bits per heavy atom. The summed E-state index contributed by atoms with van der Waals surface area (Å²) in [5.41, 5.74) is 4.30. The molecule has 0 aliphatic carbocycles. The standard InChI is InChI=1S/C30H25ClN4O3S/c1-18-4-10-22(11-5-18)34-26(36)17-39-30-25(16-32)28(20-6-14-24(38-3)15-7-20)27(19(2)33-30)29(37)35-23-12-8-21(31)9-13-23/h4-15H,17H2,1-3H3,(H,34,36)(H,35,37). The minimum atomic E-state index is -0.418. The van der Waals surface area contributed by atoms with E-state index in [-0.39, 0.29) is 22.8 Å². The lowest BCUT2D eigenvalue weighted by atomic mass is 9.94. The number of pyridine rings is 1. The summed E-state index contributed by atoms with van der Waals surface area (Å²) in [6.45, 7) is 3.68. The van der Waals surface area contributed by atoms with Crippen molar-refractivity contribution in [2.75, 3.05) is 23.5 Å². The topological polar surface area (TPSA) is 104 Å². The number of nitrogens with zero attached hydrogens (tertiary/aromatic N) is 2. The van der Waals surface area contributed by atoms with Gasteiger partial charge in [0.25, 0.3) is 5.91 Å². The predicted octanol–water partition coefficient (Wildman–Crippen LogP) is 6.88. The third-order valence-corrected chi connectivity index (χ3v) is 7.07. The van der Waals surface area contributed by atoms with E-state index in [0.717, 1.165) is 17.3 Å². The van der Waals surface area contributed by atoms with Gasteiger partial charge >= 0.3 is 0 Å². The molecule has 0 saturated carbocycles. The molecule has 0 aliphatic rings. The molecule has 1 aromatic heterocycles. The summed E-state index contributed by atoms with van der Waals surface area (Å²) < 4.78 is 5.28. The van der Waals surface area contributed by atoms with Gasteiger partial charge in [-0.3, -0.25) is 9.59 Å². The lowest BCUT2D eigenvalue weighted by Crippen LogP contribution is -2.18. The molecule has 2 amide bonds. The number of methoxy groups -OCH3 is 1. The molecule has 0 radical (unpaired) electrons. The smallest absolute Gasteiger partial charge is 0.258 e. The van der Waals surface area contributed by atoms with Crippen LogP contribution >= 0.6 is 23.4 Å². The van der Waals surface area contributed by atoms with Crippen molar-refractivity contribution in [1.82, 2.24) is 4.98 Å². The van der Waals surface area contributed by atoms with Crippen LogP contribution in [0.15, 0.2) is 77.8 Å². The number of hydrogen-bond acceptors (Lipinski definition) is 6. The number of anilines is 2. The van der Waals surface area contributed by atoms with E-state index >= 15 is 0 Å². The van der Waals surface area contributed by atoms with Crippen LogP contribution in [0.1, 0.15) is 27.2 Å². The lowest BCUT2D eigenvalue weighted by molar-refractivity contribution is -0.113. The van der Waals surface area contributed by atoms with Crippen LogP contribution < -0.4 is 15.4 Å². The number of hydrogen-bond donors (Lipinski definition) is 2. The van der Waals surface area contributed by atoms with E-state index < -0.39 is 5.91 Å². The second-order valence-corrected chi connectivity index (χ2v) is 10.0. The number of aromatic nitrogens is 1. The Balaban J connectivity index is 1.70. The first-order chi connectivity index (χ1) is 18.8. The number of carbonyl (C=O) groups excluding carboxylic acids is 2. The van der Waals surface area contributed by atoms with E-state index in [1.54, 1.807) is 62.6 Å². The molecule has 4 aromatic rings. The first-order valence-corrected chi connectivity index (χ1v) is 13.3. The summed E-state index contributed by atoms with van der Waals surface area (Å²) in [5.74, 6) is 0.0199. The van der Waals surface area contributed by atoms with E-state index in [4.69, 9.17) is 16.3 Å². The zero-order valence-corrected chi connectivity index (χ0v) is 23.1. The molecule has 1 heterocycles. The number of halogens is 1. The third kappa shape index (κ3) is 6.77. The van der Waals surface area contributed by atoms with Crippen LogP contribution in [0.3, 0.4) is 0 Å². The molecular weight excluding hydrogens is 532 g/mol. The van der Waals surface area contributed by atoms with Gasteiger partial charge in [0.15, 0.2) is 0 Å².